The summed E-state index contributed by atoms with van der Waals surface area (Å²) < 4.78 is 5.56. The van der Waals surface area contributed by atoms with Crippen molar-refractivity contribution in [3.63, 3.8) is 0 Å². The molecule has 1 atom stereocenters. The van der Waals surface area contributed by atoms with Gasteiger partial charge in [0.25, 0.3) is 5.91 Å². The van der Waals surface area contributed by atoms with E-state index in [4.69, 9.17) is 9.84 Å². The molecular formula is C15H13NO4S. The number of carbonyl (C=O) groups excluding carboxylic acids is 1. The Morgan fingerprint density at radius 3 is 2.90 bits per heavy atom. The molecule has 1 aliphatic heterocycles. The Bertz CT molecular complexity index is 694. The topological polar surface area (TPSA) is 75.6 Å². The number of fused-ring (bicyclic) bond motifs is 1. The van der Waals surface area contributed by atoms with Gasteiger partial charge in [0, 0.05) is 0 Å². The van der Waals surface area contributed by atoms with Crippen molar-refractivity contribution in [2.24, 2.45) is 0 Å². The van der Waals surface area contributed by atoms with Gasteiger partial charge in [0.2, 0.25) is 0 Å². The SMILES string of the molecule is O=C(O)c1sccc1NC(=O)C1OCCc2ccccc21. The van der Waals surface area contributed by atoms with Gasteiger partial charge in [-0.25, -0.2) is 4.79 Å². The summed E-state index contributed by atoms with van der Waals surface area (Å²) in [7, 11) is 0. The molecule has 21 heavy (non-hydrogen) atoms. The highest BCUT2D eigenvalue weighted by molar-refractivity contribution is 7.12. The maximum absolute atomic E-state index is 12.4. The fraction of sp³-hybridized carbons (Fsp3) is 0.200. The maximum Gasteiger partial charge on any atom is 0.348 e. The van der Waals surface area contributed by atoms with Gasteiger partial charge in [0.15, 0.2) is 6.10 Å². The summed E-state index contributed by atoms with van der Waals surface area (Å²) in [6, 6.07) is 9.22. The van der Waals surface area contributed by atoms with Crippen LogP contribution in [0.25, 0.3) is 0 Å². The van der Waals surface area contributed by atoms with Gasteiger partial charge in [0.1, 0.15) is 4.88 Å². The van der Waals surface area contributed by atoms with Gasteiger partial charge in [-0.2, -0.15) is 0 Å². The number of ether oxygens (including phenoxy) is 1. The molecule has 0 spiro atoms. The van der Waals surface area contributed by atoms with E-state index in [9.17, 15) is 9.59 Å². The van der Waals surface area contributed by atoms with Gasteiger partial charge in [-0.3, -0.25) is 4.79 Å². The molecule has 2 heterocycles. The molecule has 108 valence electrons. The molecule has 1 aromatic carbocycles. The van der Waals surface area contributed by atoms with Crippen LogP contribution >= 0.6 is 11.3 Å². The van der Waals surface area contributed by atoms with Crippen LogP contribution in [-0.2, 0) is 16.0 Å². The Hall–Kier alpha value is -2.18. The quantitative estimate of drug-likeness (QED) is 0.914. The lowest BCUT2D eigenvalue weighted by atomic mass is 9.97. The van der Waals surface area contributed by atoms with Crippen LogP contribution in [0.1, 0.15) is 26.9 Å². The highest BCUT2D eigenvalue weighted by Crippen LogP contribution is 2.29. The molecule has 0 bridgehead atoms. The lowest BCUT2D eigenvalue weighted by molar-refractivity contribution is -0.128. The Balaban J connectivity index is 1.84. The molecule has 0 radical (unpaired) electrons. The smallest absolute Gasteiger partial charge is 0.348 e. The lowest BCUT2D eigenvalue weighted by Gasteiger charge is -2.25. The van der Waals surface area contributed by atoms with Crippen molar-refractivity contribution in [2.75, 3.05) is 11.9 Å². The number of carboxylic acid groups (broad SMARTS) is 1. The second-order valence-electron chi connectivity index (χ2n) is 4.66. The molecule has 5 nitrogen and oxygen atoms in total. The minimum atomic E-state index is -1.05. The fourth-order valence-electron chi connectivity index (χ4n) is 2.38. The second-order valence-corrected chi connectivity index (χ2v) is 5.57. The first-order chi connectivity index (χ1) is 10.2. The third-order valence-corrected chi connectivity index (χ3v) is 4.25. The van der Waals surface area contributed by atoms with Gasteiger partial charge < -0.3 is 15.2 Å². The third-order valence-electron chi connectivity index (χ3n) is 3.35. The summed E-state index contributed by atoms with van der Waals surface area (Å²) in [5, 5.41) is 13.3. The summed E-state index contributed by atoms with van der Waals surface area (Å²) >= 11 is 1.08. The molecule has 2 N–H and O–H groups in total. The van der Waals surface area contributed by atoms with E-state index in [2.05, 4.69) is 5.32 Å². The van der Waals surface area contributed by atoms with E-state index < -0.39 is 12.1 Å². The van der Waals surface area contributed by atoms with E-state index >= 15 is 0 Å². The average molecular weight is 303 g/mol. The first kappa shape index (κ1) is 13.8. The van der Waals surface area contributed by atoms with Crippen molar-refractivity contribution in [2.45, 2.75) is 12.5 Å². The van der Waals surface area contributed by atoms with Crippen LogP contribution in [0.2, 0.25) is 0 Å². The van der Waals surface area contributed by atoms with Crippen molar-refractivity contribution in [3.8, 4) is 0 Å². The lowest BCUT2D eigenvalue weighted by Crippen LogP contribution is -2.28. The minimum Gasteiger partial charge on any atom is -0.477 e. The molecule has 0 saturated heterocycles. The van der Waals surface area contributed by atoms with Crippen molar-refractivity contribution in [1.29, 1.82) is 0 Å². The Morgan fingerprint density at radius 2 is 2.10 bits per heavy atom. The monoisotopic (exact) mass is 303 g/mol. The van der Waals surface area contributed by atoms with Crippen molar-refractivity contribution in [3.05, 3.63) is 51.7 Å². The molecular weight excluding hydrogens is 290 g/mol. The van der Waals surface area contributed by atoms with Crippen LogP contribution in [-0.4, -0.2) is 23.6 Å². The number of nitrogens with one attached hydrogen (secondary N) is 1. The van der Waals surface area contributed by atoms with E-state index in [1.54, 1.807) is 11.4 Å². The van der Waals surface area contributed by atoms with Crippen molar-refractivity contribution < 1.29 is 19.4 Å². The van der Waals surface area contributed by atoms with Gasteiger partial charge in [-0.05, 0) is 29.0 Å². The predicted molar refractivity (Wildman–Crippen MR) is 78.7 cm³/mol. The second kappa shape index (κ2) is 5.67. The molecule has 1 aliphatic rings. The predicted octanol–water partition coefficient (Wildman–Crippen LogP) is 2.70. The summed E-state index contributed by atoms with van der Waals surface area (Å²) in [6.07, 6.45) is 0.0789. The number of rotatable bonds is 3. The average Bonchev–Trinajstić information content (AvgIpc) is 2.95. The number of anilines is 1. The Kier molecular flexibility index (Phi) is 3.72. The normalized spacial score (nSPS) is 17.0. The first-order valence-corrected chi connectivity index (χ1v) is 7.36. The van der Waals surface area contributed by atoms with Crippen molar-refractivity contribution >= 4 is 28.9 Å². The van der Waals surface area contributed by atoms with E-state index in [-0.39, 0.29) is 10.8 Å². The summed E-state index contributed by atoms with van der Waals surface area (Å²) in [4.78, 5) is 23.6. The Morgan fingerprint density at radius 1 is 1.29 bits per heavy atom. The molecule has 2 aromatic rings. The van der Waals surface area contributed by atoms with Crippen LogP contribution < -0.4 is 5.32 Å². The van der Waals surface area contributed by atoms with Crippen LogP contribution in [0.15, 0.2) is 35.7 Å². The number of hydrogen-bond acceptors (Lipinski definition) is 4. The molecule has 0 saturated carbocycles. The Labute approximate surface area is 125 Å². The zero-order valence-electron chi connectivity index (χ0n) is 11.0. The number of hydrogen-bond donors (Lipinski definition) is 2. The standard InChI is InChI=1S/C15H13NO4S/c17-14(16-11-6-8-21-13(11)15(18)19)12-10-4-2-1-3-9(10)5-7-20-12/h1-4,6,8,12H,5,7H2,(H,16,17)(H,18,19). The van der Waals surface area contributed by atoms with Crippen molar-refractivity contribution in [1.82, 2.24) is 0 Å². The zero-order valence-corrected chi connectivity index (χ0v) is 11.9. The summed E-state index contributed by atoms with van der Waals surface area (Å²) in [6.45, 7) is 0.477. The van der Waals surface area contributed by atoms with Gasteiger partial charge in [-0.15, -0.1) is 11.3 Å². The highest BCUT2D eigenvalue weighted by Gasteiger charge is 2.28. The molecule has 1 amide bonds. The summed E-state index contributed by atoms with van der Waals surface area (Å²) in [5.74, 6) is -1.40. The number of carbonyl (C=O) groups is 2. The maximum atomic E-state index is 12.4. The molecule has 0 aliphatic carbocycles. The first-order valence-electron chi connectivity index (χ1n) is 6.48. The van der Waals surface area contributed by atoms with Gasteiger partial charge >= 0.3 is 5.97 Å². The van der Waals surface area contributed by atoms with E-state index in [0.717, 1.165) is 28.9 Å². The number of benzene rings is 1. The largest absolute Gasteiger partial charge is 0.477 e. The van der Waals surface area contributed by atoms with Gasteiger partial charge in [-0.1, -0.05) is 24.3 Å². The van der Waals surface area contributed by atoms with E-state index in [0.29, 0.717) is 12.3 Å². The number of aromatic carboxylic acids is 1. The van der Waals surface area contributed by atoms with E-state index in [1.165, 1.54) is 0 Å². The molecule has 6 heteroatoms. The molecule has 0 fully saturated rings. The zero-order chi connectivity index (χ0) is 14.8. The molecule has 1 aromatic heterocycles. The highest BCUT2D eigenvalue weighted by atomic mass is 32.1. The summed E-state index contributed by atoms with van der Waals surface area (Å²) in [5.41, 5.74) is 2.24. The van der Waals surface area contributed by atoms with Crippen LogP contribution in [0.5, 0.6) is 0 Å². The van der Waals surface area contributed by atoms with Crippen LogP contribution in [0, 0.1) is 0 Å². The fourth-order valence-corrected chi connectivity index (χ4v) is 3.07. The molecule has 1 unspecified atom stereocenters. The number of thiophene rings is 1. The third kappa shape index (κ3) is 2.68. The van der Waals surface area contributed by atoms with Crippen LogP contribution in [0.3, 0.4) is 0 Å². The van der Waals surface area contributed by atoms with Gasteiger partial charge in [0.05, 0.1) is 12.3 Å². The molecule has 3 rings (SSSR count). The number of amides is 1. The van der Waals surface area contributed by atoms with Crippen LogP contribution in [0.4, 0.5) is 5.69 Å². The van der Waals surface area contributed by atoms with E-state index in [1.807, 2.05) is 24.3 Å². The minimum absolute atomic E-state index is 0.118. The number of carboxylic acids is 1.